The molecule has 0 unspecified atom stereocenters. The summed E-state index contributed by atoms with van der Waals surface area (Å²) in [5.41, 5.74) is 2.82. The van der Waals surface area contributed by atoms with E-state index in [0.717, 1.165) is 31.7 Å². The fourth-order valence-corrected chi connectivity index (χ4v) is 6.70. The number of carboxylic acid groups (broad SMARTS) is 1. The van der Waals surface area contributed by atoms with E-state index in [0.29, 0.717) is 54.4 Å². The van der Waals surface area contributed by atoms with Gasteiger partial charge in [-0.1, -0.05) is 12.1 Å². The Balaban J connectivity index is 1.33. The third-order valence-corrected chi connectivity index (χ3v) is 8.88. The number of carbonyl (C=O) groups excluding carboxylic acids is 1. The summed E-state index contributed by atoms with van der Waals surface area (Å²) in [5, 5.41) is 10.3. The van der Waals surface area contributed by atoms with E-state index in [1.807, 2.05) is 0 Å². The lowest BCUT2D eigenvalue weighted by Gasteiger charge is -2.41. The van der Waals surface area contributed by atoms with Gasteiger partial charge in [-0.3, -0.25) is 9.59 Å². The van der Waals surface area contributed by atoms with Crippen molar-refractivity contribution in [2.45, 2.75) is 25.7 Å². The van der Waals surface area contributed by atoms with Crippen LogP contribution in [0, 0.1) is 29.4 Å². The second-order valence-corrected chi connectivity index (χ2v) is 11.4. The highest BCUT2D eigenvalue weighted by Crippen LogP contribution is 2.44. The maximum absolute atomic E-state index is 14.5. The van der Waals surface area contributed by atoms with E-state index in [4.69, 9.17) is 14.7 Å². The van der Waals surface area contributed by atoms with Crippen LogP contribution in [0.4, 0.5) is 14.6 Å². The summed E-state index contributed by atoms with van der Waals surface area (Å²) in [5.74, 6) is -2.54. The number of nitrogens with one attached hydrogen (secondary N) is 1. The summed E-state index contributed by atoms with van der Waals surface area (Å²) in [4.78, 5) is 44.1. The zero-order valence-electron chi connectivity index (χ0n) is 23.2. The van der Waals surface area contributed by atoms with Crippen LogP contribution in [0.15, 0.2) is 53.7 Å². The van der Waals surface area contributed by atoms with Crippen LogP contribution in [0.3, 0.4) is 0 Å². The highest BCUT2D eigenvalue weighted by atomic mass is 19.1. The Labute approximate surface area is 245 Å². The largest absolute Gasteiger partial charge is 0.481 e. The van der Waals surface area contributed by atoms with Crippen LogP contribution in [-0.2, 0) is 9.53 Å². The quantitative estimate of drug-likeness (QED) is 0.313. The summed E-state index contributed by atoms with van der Waals surface area (Å²) in [6.45, 7) is 2.07. The van der Waals surface area contributed by atoms with Crippen molar-refractivity contribution >= 4 is 34.3 Å². The number of ether oxygens (including phenoxy) is 1. The van der Waals surface area contributed by atoms with Crippen molar-refractivity contribution in [1.29, 1.82) is 0 Å². The van der Waals surface area contributed by atoms with E-state index in [9.17, 15) is 23.5 Å². The Morgan fingerprint density at radius 3 is 2.47 bits per heavy atom. The standard InChI is InChI=1S/C32H29F2N5O4/c33-21-13-22-23(16-35-29(22)24(34)14-21)30-36-25(17-1-7-20(8-2-17)31(40)39-9-11-43-12-10-39)15-26(38-30)37-28-19-5-3-18(4-6-19)27(28)32(41)42/h1-2,7-8,13-16,18-19,27,35H,3-6,9-12H2,(H,41,42)/t18?,19?,27-/m1/s1. The number of H-pyrrole nitrogens is 1. The van der Waals surface area contributed by atoms with Gasteiger partial charge in [0.2, 0.25) is 0 Å². The third-order valence-electron chi connectivity index (χ3n) is 8.88. The minimum atomic E-state index is -0.884. The van der Waals surface area contributed by atoms with Crippen LogP contribution in [0.2, 0.25) is 0 Å². The second-order valence-electron chi connectivity index (χ2n) is 11.4. The molecule has 1 amide bonds. The Bertz CT molecular complexity index is 1760. The van der Waals surface area contributed by atoms with Crippen molar-refractivity contribution in [2.24, 2.45) is 22.7 Å². The molecule has 220 valence electrons. The lowest BCUT2D eigenvalue weighted by atomic mass is 9.63. The maximum Gasteiger partial charge on any atom is 0.312 e. The van der Waals surface area contributed by atoms with Crippen molar-refractivity contribution in [1.82, 2.24) is 19.9 Å². The first-order valence-electron chi connectivity index (χ1n) is 14.5. The molecule has 3 aliphatic carbocycles. The summed E-state index contributed by atoms with van der Waals surface area (Å²) >= 11 is 0. The number of amides is 1. The first-order valence-corrected chi connectivity index (χ1v) is 14.5. The fraction of sp³-hybridized carbons (Fsp3) is 0.344. The van der Waals surface area contributed by atoms with Gasteiger partial charge in [-0.15, -0.1) is 0 Å². The summed E-state index contributed by atoms with van der Waals surface area (Å²) in [6.07, 6.45) is 5.03. The molecule has 8 rings (SSSR count). The molecule has 4 aromatic rings. The van der Waals surface area contributed by atoms with Crippen LogP contribution in [0.1, 0.15) is 36.0 Å². The predicted octanol–water partition coefficient (Wildman–Crippen LogP) is 5.64. The molecule has 4 fully saturated rings. The molecule has 43 heavy (non-hydrogen) atoms. The van der Waals surface area contributed by atoms with E-state index in [1.54, 1.807) is 35.2 Å². The smallest absolute Gasteiger partial charge is 0.312 e. The minimum Gasteiger partial charge on any atom is -0.481 e. The van der Waals surface area contributed by atoms with E-state index < -0.39 is 23.5 Å². The van der Waals surface area contributed by atoms with E-state index in [2.05, 4.69) is 9.97 Å². The van der Waals surface area contributed by atoms with E-state index >= 15 is 0 Å². The lowest BCUT2D eigenvalue weighted by molar-refractivity contribution is -0.142. The van der Waals surface area contributed by atoms with E-state index in [1.165, 1.54) is 12.3 Å². The molecule has 0 spiro atoms. The number of hydrogen-bond donors (Lipinski definition) is 2. The van der Waals surface area contributed by atoms with Gasteiger partial charge in [0, 0.05) is 59.2 Å². The van der Waals surface area contributed by atoms with E-state index in [-0.39, 0.29) is 40.3 Å². The molecular formula is C32H29F2N5O4. The highest BCUT2D eigenvalue weighted by molar-refractivity contribution is 6.05. The molecule has 11 heteroatoms. The number of aromatic amines is 1. The van der Waals surface area contributed by atoms with Gasteiger partial charge in [-0.25, -0.2) is 23.7 Å². The average Bonchev–Trinajstić information content (AvgIpc) is 3.46. The van der Waals surface area contributed by atoms with Crippen LogP contribution < -0.4 is 0 Å². The number of benzene rings is 2. The van der Waals surface area contributed by atoms with Crippen molar-refractivity contribution < 1.29 is 28.2 Å². The number of carboxylic acids is 1. The molecule has 9 nitrogen and oxygen atoms in total. The summed E-state index contributed by atoms with van der Waals surface area (Å²) < 4.78 is 34.1. The first-order chi connectivity index (χ1) is 20.9. The van der Waals surface area contributed by atoms with Crippen molar-refractivity contribution in [3.05, 3.63) is 65.9 Å². The highest BCUT2D eigenvalue weighted by Gasteiger charge is 2.44. The van der Waals surface area contributed by atoms with Gasteiger partial charge in [0.25, 0.3) is 5.91 Å². The molecule has 0 radical (unpaired) electrons. The number of halogens is 2. The number of carbonyl (C=O) groups is 2. The Morgan fingerprint density at radius 2 is 1.74 bits per heavy atom. The number of aliphatic carboxylic acids is 1. The van der Waals surface area contributed by atoms with Gasteiger partial charge in [0.05, 0.1) is 30.3 Å². The Kier molecular flexibility index (Phi) is 6.97. The van der Waals surface area contributed by atoms with Crippen LogP contribution in [0.5, 0.6) is 0 Å². The average molecular weight is 586 g/mol. The van der Waals surface area contributed by atoms with Gasteiger partial charge in [-0.05, 0) is 55.7 Å². The Morgan fingerprint density at radius 1 is 1.00 bits per heavy atom. The molecule has 2 N–H and O–H groups in total. The minimum absolute atomic E-state index is 0.0399. The fourth-order valence-electron chi connectivity index (χ4n) is 6.70. The van der Waals surface area contributed by atoms with Crippen LogP contribution in [0.25, 0.3) is 33.5 Å². The summed E-state index contributed by atoms with van der Waals surface area (Å²) in [7, 11) is 0. The molecule has 2 aromatic heterocycles. The number of aliphatic imine (C=N–C) groups is 1. The zero-order chi connectivity index (χ0) is 29.7. The van der Waals surface area contributed by atoms with Crippen molar-refractivity contribution in [2.75, 3.05) is 26.3 Å². The van der Waals surface area contributed by atoms with Crippen LogP contribution >= 0.6 is 0 Å². The third kappa shape index (κ3) is 5.07. The number of morpholine rings is 1. The van der Waals surface area contributed by atoms with Gasteiger partial charge in [0.15, 0.2) is 11.6 Å². The molecule has 2 bridgehead atoms. The molecule has 1 saturated heterocycles. The van der Waals surface area contributed by atoms with Crippen molar-refractivity contribution in [3.8, 4) is 22.6 Å². The second kappa shape index (κ2) is 11.0. The zero-order valence-corrected chi connectivity index (χ0v) is 23.2. The number of fused-ring (bicyclic) bond motifs is 4. The number of nitrogens with zero attached hydrogens (tertiary/aromatic N) is 4. The molecule has 1 atom stereocenters. The van der Waals surface area contributed by atoms with Gasteiger partial charge in [0.1, 0.15) is 11.6 Å². The lowest BCUT2D eigenvalue weighted by Crippen LogP contribution is -2.44. The molecule has 2 aromatic carbocycles. The number of rotatable bonds is 5. The van der Waals surface area contributed by atoms with Gasteiger partial charge >= 0.3 is 5.97 Å². The van der Waals surface area contributed by atoms with Crippen LogP contribution in [-0.4, -0.2) is 68.8 Å². The topological polar surface area (TPSA) is 121 Å². The SMILES string of the molecule is O=C(O)[C@H]1C(=Nc2cc(-c3ccc(C(=O)N4CCOCC4)cc3)nc(-c3c[nH]c4c(F)cc(F)cc34)n2)C2CCC1CC2. The monoisotopic (exact) mass is 585 g/mol. The molecular weight excluding hydrogens is 556 g/mol. The molecule has 1 aliphatic heterocycles. The number of hydrogen-bond acceptors (Lipinski definition) is 6. The molecule has 4 aliphatic rings. The Hall–Kier alpha value is -4.51. The summed E-state index contributed by atoms with van der Waals surface area (Å²) in [6, 6.07) is 10.8. The first kappa shape index (κ1) is 27.3. The number of aromatic nitrogens is 3. The van der Waals surface area contributed by atoms with Gasteiger partial charge in [-0.2, -0.15) is 0 Å². The van der Waals surface area contributed by atoms with Crippen molar-refractivity contribution in [3.63, 3.8) is 0 Å². The molecule has 3 saturated carbocycles. The van der Waals surface area contributed by atoms with Gasteiger partial charge < -0.3 is 19.7 Å². The normalized spacial score (nSPS) is 22.8. The predicted molar refractivity (Wildman–Crippen MR) is 155 cm³/mol. The molecule has 3 heterocycles. The maximum atomic E-state index is 14.5.